The Morgan fingerprint density at radius 2 is 1.89 bits per heavy atom. The molecule has 37 heavy (non-hydrogen) atoms. The molecule has 2 aromatic rings. The summed E-state index contributed by atoms with van der Waals surface area (Å²) in [5.74, 6) is -2.68. The lowest BCUT2D eigenvalue weighted by atomic mass is 9.96. The predicted molar refractivity (Wildman–Crippen MR) is 122 cm³/mol. The van der Waals surface area contributed by atoms with Crippen LogP contribution in [0.15, 0.2) is 47.4 Å². The predicted octanol–water partition coefficient (Wildman–Crippen LogP) is 2.25. The SMILES string of the molecule is COCCOC(=O)N1C[C@H]2CC[C@@](C(=O)NO)(C1)N2S(=O)(=O)c1ccc(Oc2ccc(F)cc2)c(F)c1. The molecule has 0 aromatic heterocycles. The number of hydrogen-bond donors (Lipinski definition) is 2. The third-order valence-corrected chi connectivity index (χ3v) is 8.34. The van der Waals surface area contributed by atoms with E-state index in [1.54, 1.807) is 0 Å². The summed E-state index contributed by atoms with van der Waals surface area (Å²) >= 11 is 0. The summed E-state index contributed by atoms with van der Waals surface area (Å²) < 4.78 is 71.6. The molecule has 0 radical (unpaired) electrons. The van der Waals surface area contributed by atoms with Gasteiger partial charge in [0.2, 0.25) is 10.0 Å². The van der Waals surface area contributed by atoms with E-state index < -0.39 is 50.1 Å². The summed E-state index contributed by atoms with van der Waals surface area (Å²) in [7, 11) is -3.05. The number of nitrogens with one attached hydrogen (secondary N) is 1. The lowest BCUT2D eigenvalue weighted by Crippen LogP contribution is -2.69. The standard InChI is InChI=1S/C23H25F2N3O8S/c1-34-10-11-35-22(30)27-13-16-8-9-23(14-27,21(29)26-31)28(16)37(32,33)18-6-7-20(19(25)12-18)36-17-4-2-15(24)3-5-17/h2-7,12,16,31H,8-11,13-14H2,1H3,(H,26,29)/t16-,23+/m1/s1. The number of piperazine rings is 1. The highest BCUT2D eigenvalue weighted by Crippen LogP contribution is 2.44. The van der Waals surface area contributed by atoms with Crippen LogP contribution < -0.4 is 10.2 Å². The molecule has 2 aliphatic heterocycles. The second-order valence-corrected chi connectivity index (χ2v) is 10.4. The third kappa shape index (κ3) is 5.09. The molecule has 2 heterocycles. The van der Waals surface area contributed by atoms with E-state index in [2.05, 4.69) is 0 Å². The van der Waals surface area contributed by atoms with Gasteiger partial charge in [-0.3, -0.25) is 10.0 Å². The molecule has 2 aromatic carbocycles. The number of halogens is 2. The Hall–Kier alpha value is -3.33. The van der Waals surface area contributed by atoms with Crippen LogP contribution in [0.4, 0.5) is 13.6 Å². The van der Waals surface area contributed by atoms with Crippen LogP contribution in [0.3, 0.4) is 0 Å². The van der Waals surface area contributed by atoms with E-state index in [0.29, 0.717) is 0 Å². The molecule has 2 N–H and O–H groups in total. The van der Waals surface area contributed by atoms with Gasteiger partial charge in [-0.05, 0) is 55.3 Å². The number of nitrogens with zero attached hydrogens (tertiary/aromatic N) is 2. The number of carbonyl (C=O) groups is 2. The van der Waals surface area contributed by atoms with Gasteiger partial charge in [0.1, 0.15) is 23.7 Å². The molecule has 2 atom stereocenters. The number of methoxy groups -OCH3 is 1. The van der Waals surface area contributed by atoms with Gasteiger partial charge >= 0.3 is 6.09 Å². The molecule has 11 nitrogen and oxygen atoms in total. The van der Waals surface area contributed by atoms with Gasteiger partial charge in [0.25, 0.3) is 5.91 Å². The van der Waals surface area contributed by atoms with Crippen molar-refractivity contribution in [2.45, 2.75) is 29.3 Å². The number of hydroxylamine groups is 1. The molecular formula is C23H25F2N3O8S. The molecule has 0 aliphatic carbocycles. The number of benzene rings is 2. The first kappa shape index (κ1) is 26.7. The normalized spacial score (nSPS) is 21.5. The summed E-state index contributed by atoms with van der Waals surface area (Å²) in [6, 6.07) is 6.97. The van der Waals surface area contributed by atoms with Crippen LogP contribution in [0.2, 0.25) is 0 Å². The Labute approximate surface area is 211 Å². The smallest absolute Gasteiger partial charge is 0.409 e. The number of sulfonamides is 1. The number of ether oxygens (including phenoxy) is 3. The van der Waals surface area contributed by atoms with Crippen LogP contribution in [0, 0.1) is 11.6 Å². The van der Waals surface area contributed by atoms with E-state index in [-0.39, 0.29) is 50.6 Å². The van der Waals surface area contributed by atoms with E-state index in [4.69, 9.17) is 14.2 Å². The maximum Gasteiger partial charge on any atom is 0.409 e. The minimum absolute atomic E-state index is 0.0133. The molecular weight excluding hydrogens is 516 g/mol. The number of fused-ring (bicyclic) bond motifs is 2. The largest absolute Gasteiger partial charge is 0.454 e. The fourth-order valence-electron chi connectivity index (χ4n) is 4.66. The lowest BCUT2D eigenvalue weighted by Gasteiger charge is -2.45. The minimum Gasteiger partial charge on any atom is -0.454 e. The number of hydrogen-bond acceptors (Lipinski definition) is 8. The summed E-state index contributed by atoms with van der Waals surface area (Å²) in [6.07, 6.45) is -0.535. The van der Waals surface area contributed by atoms with Gasteiger partial charge in [0.15, 0.2) is 11.6 Å². The molecule has 0 spiro atoms. The number of amides is 2. The van der Waals surface area contributed by atoms with Gasteiger partial charge in [-0.1, -0.05) is 0 Å². The molecule has 2 saturated heterocycles. The average molecular weight is 542 g/mol. The van der Waals surface area contributed by atoms with E-state index in [9.17, 15) is 32.0 Å². The van der Waals surface area contributed by atoms with E-state index in [0.717, 1.165) is 34.6 Å². The van der Waals surface area contributed by atoms with Crippen molar-refractivity contribution < 1.29 is 46.2 Å². The van der Waals surface area contributed by atoms with E-state index >= 15 is 0 Å². The fourth-order valence-corrected chi connectivity index (χ4v) is 6.63. The second-order valence-electron chi connectivity index (χ2n) is 8.60. The monoisotopic (exact) mass is 541 g/mol. The Morgan fingerprint density at radius 1 is 1.16 bits per heavy atom. The fraction of sp³-hybridized carbons (Fsp3) is 0.391. The average Bonchev–Trinajstić information content (AvgIpc) is 3.14. The number of rotatable bonds is 8. The highest BCUT2D eigenvalue weighted by molar-refractivity contribution is 7.89. The van der Waals surface area contributed by atoms with Gasteiger partial charge in [-0.15, -0.1) is 0 Å². The molecule has 4 rings (SSSR count). The first-order valence-corrected chi connectivity index (χ1v) is 12.7. The van der Waals surface area contributed by atoms with Gasteiger partial charge < -0.3 is 19.1 Å². The minimum atomic E-state index is -4.48. The molecule has 0 unspecified atom stereocenters. The molecule has 2 bridgehead atoms. The zero-order valence-electron chi connectivity index (χ0n) is 19.7. The van der Waals surface area contributed by atoms with Gasteiger partial charge in [-0.2, -0.15) is 4.31 Å². The molecule has 0 saturated carbocycles. The Morgan fingerprint density at radius 3 is 2.54 bits per heavy atom. The van der Waals surface area contributed by atoms with Gasteiger partial charge in [0, 0.05) is 19.7 Å². The summed E-state index contributed by atoms with van der Waals surface area (Å²) in [4.78, 5) is 26.1. The van der Waals surface area contributed by atoms with Crippen molar-refractivity contribution in [3.8, 4) is 11.5 Å². The topological polar surface area (TPSA) is 135 Å². The molecule has 2 aliphatic rings. The Balaban J connectivity index is 1.62. The zero-order valence-corrected chi connectivity index (χ0v) is 20.5. The quantitative estimate of drug-likeness (QED) is 0.295. The molecule has 14 heteroatoms. The highest BCUT2D eigenvalue weighted by atomic mass is 32.2. The Kier molecular flexibility index (Phi) is 7.64. The van der Waals surface area contributed by atoms with Crippen molar-refractivity contribution in [2.75, 3.05) is 33.4 Å². The second kappa shape index (κ2) is 10.6. The van der Waals surface area contributed by atoms with Crippen LogP contribution in [0.5, 0.6) is 11.5 Å². The lowest BCUT2D eigenvalue weighted by molar-refractivity contribution is -0.141. The van der Waals surface area contributed by atoms with Crippen LogP contribution in [0.25, 0.3) is 0 Å². The van der Waals surface area contributed by atoms with Gasteiger partial charge in [0.05, 0.1) is 18.0 Å². The summed E-state index contributed by atoms with van der Waals surface area (Å²) in [5, 5.41) is 9.42. The van der Waals surface area contributed by atoms with Crippen LogP contribution in [-0.2, 0) is 24.3 Å². The van der Waals surface area contributed by atoms with Crippen molar-refractivity contribution in [1.82, 2.24) is 14.7 Å². The first-order valence-electron chi connectivity index (χ1n) is 11.2. The third-order valence-electron chi connectivity index (χ3n) is 6.33. The zero-order chi connectivity index (χ0) is 26.8. The maximum atomic E-state index is 14.9. The van der Waals surface area contributed by atoms with E-state index in [1.807, 2.05) is 0 Å². The number of carbonyl (C=O) groups excluding carboxylic acids is 2. The van der Waals surface area contributed by atoms with Gasteiger partial charge in [-0.25, -0.2) is 27.5 Å². The Bertz CT molecular complexity index is 1280. The summed E-state index contributed by atoms with van der Waals surface area (Å²) in [5.41, 5.74) is -0.331. The van der Waals surface area contributed by atoms with Crippen LogP contribution >= 0.6 is 0 Å². The number of likely N-dealkylation sites (tertiary alicyclic amines) is 1. The van der Waals surface area contributed by atoms with Crippen molar-refractivity contribution >= 4 is 22.0 Å². The molecule has 2 amide bonds. The first-order chi connectivity index (χ1) is 17.6. The van der Waals surface area contributed by atoms with Crippen molar-refractivity contribution in [1.29, 1.82) is 0 Å². The highest BCUT2D eigenvalue weighted by Gasteiger charge is 2.61. The molecule has 2 fully saturated rings. The van der Waals surface area contributed by atoms with Crippen LogP contribution in [0.1, 0.15) is 12.8 Å². The van der Waals surface area contributed by atoms with Crippen molar-refractivity contribution in [2.24, 2.45) is 0 Å². The van der Waals surface area contributed by atoms with E-state index in [1.165, 1.54) is 29.6 Å². The van der Waals surface area contributed by atoms with Crippen molar-refractivity contribution in [3.63, 3.8) is 0 Å². The summed E-state index contributed by atoms with van der Waals surface area (Å²) in [6.45, 7) is -0.337. The molecule has 200 valence electrons. The maximum absolute atomic E-state index is 14.9. The van der Waals surface area contributed by atoms with Crippen molar-refractivity contribution in [3.05, 3.63) is 54.1 Å². The van der Waals surface area contributed by atoms with Crippen LogP contribution in [-0.4, -0.2) is 79.8 Å².